The molecule has 0 radical (unpaired) electrons. The average molecular weight is 208 g/mol. The van der Waals surface area contributed by atoms with Crippen LogP contribution in [-0.2, 0) is 4.74 Å². The third kappa shape index (κ3) is 3.51. The summed E-state index contributed by atoms with van der Waals surface area (Å²) < 4.78 is 5.14. The molecule has 0 saturated heterocycles. The minimum atomic E-state index is -1.30. The molecule has 0 rings (SSSR count). The molecule has 0 heterocycles. The fraction of sp³-hybridized carbons (Fsp3) is 1.00. The zero-order valence-corrected chi connectivity index (χ0v) is 11.0. The first kappa shape index (κ1) is 13.3. The van der Waals surface area contributed by atoms with E-state index in [-0.39, 0.29) is 0 Å². The predicted octanol–water partition coefficient (Wildman–Crippen LogP) is 2.79. The van der Waals surface area contributed by atoms with Crippen LogP contribution in [0.2, 0.25) is 0 Å². The molecule has 1 nitrogen and oxygen atoms in total. The van der Waals surface area contributed by atoms with Crippen LogP contribution in [0.1, 0.15) is 27.2 Å². The summed E-state index contributed by atoms with van der Waals surface area (Å²) >= 11 is 0. The molecular weight excluding hydrogens is 180 g/mol. The number of methoxy groups -OCH3 is 1. The average Bonchev–Trinajstić information content (AvgIpc) is 2.19. The van der Waals surface area contributed by atoms with Crippen molar-refractivity contribution in [1.29, 1.82) is 0 Å². The van der Waals surface area contributed by atoms with Crippen LogP contribution in [0.15, 0.2) is 0 Å². The van der Waals surface area contributed by atoms with Gasteiger partial charge in [-0.05, 0) is 35.7 Å². The van der Waals surface area contributed by atoms with E-state index >= 15 is 0 Å². The minimum Gasteiger partial charge on any atom is -0.385 e. The summed E-state index contributed by atoms with van der Waals surface area (Å²) in [5, 5.41) is 0. The van der Waals surface area contributed by atoms with Crippen LogP contribution in [0.3, 0.4) is 0 Å². The third-order valence-electron chi connectivity index (χ3n) is 4.17. The first-order chi connectivity index (χ1) is 6.04. The Kier molecular flexibility index (Phi) is 5.38. The van der Waals surface area contributed by atoms with Crippen LogP contribution in [0, 0.1) is 0 Å². The Bertz CT molecular complexity index is 130. The summed E-state index contributed by atoms with van der Waals surface area (Å²) in [6.45, 7) is 8.05. The summed E-state index contributed by atoms with van der Waals surface area (Å²) in [5.74, 6) is 5.63. The maximum Gasteiger partial charge on any atom is 0.0469 e. The van der Waals surface area contributed by atoms with Gasteiger partial charge in [-0.15, -0.1) is 0 Å². The quantitative estimate of drug-likeness (QED) is 0.500. The van der Waals surface area contributed by atoms with Crippen molar-refractivity contribution in [1.82, 2.24) is 0 Å². The van der Waals surface area contributed by atoms with Crippen molar-refractivity contribution in [3.63, 3.8) is 0 Å². The fourth-order valence-corrected chi connectivity index (χ4v) is 5.25. The molecule has 0 bridgehead atoms. The van der Waals surface area contributed by atoms with Gasteiger partial charge in [-0.1, -0.05) is 20.8 Å². The summed E-state index contributed by atoms with van der Waals surface area (Å²) in [7, 11) is 0.498. The van der Waals surface area contributed by atoms with Crippen LogP contribution in [0.25, 0.3) is 0 Å². The van der Waals surface area contributed by atoms with Crippen molar-refractivity contribution in [3.8, 4) is 0 Å². The van der Waals surface area contributed by atoms with Gasteiger partial charge in [0.15, 0.2) is 0 Å². The standard InChI is InChI=1S/C11H28OS/c1-6-13(5,7-2,8-3)11-9-10-12-4/h13H,6-11H2,1-5H3. The summed E-state index contributed by atoms with van der Waals surface area (Å²) in [6.07, 6.45) is 3.82. The smallest absolute Gasteiger partial charge is 0.0469 e. The molecule has 0 aliphatic heterocycles. The van der Waals surface area contributed by atoms with Gasteiger partial charge in [0.25, 0.3) is 0 Å². The Morgan fingerprint density at radius 3 is 1.77 bits per heavy atom. The van der Waals surface area contributed by atoms with Crippen LogP contribution in [0.5, 0.6) is 0 Å². The maximum atomic E-state index is 5.14. The lowest BCUT2D eigenvalue weighted by molar-refractivity contribution is 0.200. The molecule has 0 atom stereocenters. The molecule has 2 heteroatoms. The minimum absolute atomic E-state index is 0.936. The molecule has 0 amide bonds. The zero-order valence-electron chi connectivity index (χ0n) is 10.1. The van der Waals surface area contributed by atoms with Gasteiger partial charge < -0.3 is 4.74 Å². The molecule has 0 aliphatic carbocycles. The van der Waals surface area contributed by atoms with Crippen molar-refractivity contribution in [2.75, 3.05) is 43.0 Å². The lowest BCUT2D eigenvalue weighted by Crippen LogP contribution is -2.28. The first-order valence-corrected chi connectivity index (χ1v) is 8.95. The Balaban J connectivity index is 4.23. The molecular formula is C11H28OS. The van der Waals surface area contributed by atoms with Gasteiger partial charge in [-0.25, -0.2) is 0 Å². The highest BCUT2D eigenvalue weighted by atomic mass is 32.3. The van der Waals surface area contributed by atoms with Crippen molar-refractivity contribution in [3.05, 3.63) is 0 Å². The van der Waals surface area contributed by atoms with E-state index < -0.39 is 9.16 Å². The molecule has 13 heavy (non-hydrogen) atoms. The van der Waals surface area contributed by atoms with E-state index in [2.05, 4.69) is 27.0 Å². The Labute approximate surface area is 84.5 Å². The summed E-state index contributed by atoms with van der Waals surface area (Å²) in [5.41, 5.74) is 0. The normalized spacial score (nSPS) is 15.3. The van der Waals surface area contributed by atoms with Crippen LogP contribution in [0.4, 0.5) is 0 Å². The largest absolute Gasteiger partial charge is 0.385 e. The Hall–Kier alpha value is 0.310. The van der Waals surface area contributed by atoms with E-state index in [0.29, 0.717) is 0 Å². The predicted molar refractivity (Wildman–Crippen MR) is 67.9 cm³/mol. The molecule has 0 aromatic heterocycles. The highest BCUT2D eigenvalue weighted by molar-refractivity contribution is 8.49. The van der Waals surface area contributed by atoms with E-state index in [1.54, 1.807) is 7.11 Å². The lowest BCUT2D eigenvalue weighted by atomic mass is 10.5. The molecule has 0 aromatic rings. The van der Waals surface area contributed by atoms with Gasteiger partial charge in [0.05, 0.1) is 0 Å². The van der Waals surface area contributed by atoms with Gasteiger partial charge in [0.1, 0.15) is 0 Å². The number of ether oxygens (including phenoxy) is 1. The van der Waals surface area contributed by atoms with E-state index in [0.717, 1.165) is 6.61 Å². The molecule has 0 unspecified atom stereocenters. The number of hydrogen-bond acceptors (Lipinski definition) is 1. The lowest BCUT2D eigenvalue weighted by Gasteiger charge is -2.57. The highest BCUT2D eigenvalue weighted by Gasteiger charge is 2.30. The summed E-state index contributed by atoms with van der Waals surface area (Å²) in [4.78, 5) is 0. The maximum absolute atomic E-state index is 5.14. The van der Waals surface area contributed by atoms with Crippen LogP contribution in [-0.4, -0.2) is 43.0 Å². The topological polar surface area (TPSA) is 9.23 Å². The van der Waals surface area contributed by atoms with Crippen molar-refractivity contribution in [2.24, 2.45) is 0 Å². The molecule has 0 aliphatic rings. The number of hydrogen-bond donors (Lipinski definition) is 1. The number of rotatable bonds is 7. The van der Waals surface area contributed by atoms with E-state index in [1.165, 1.54) is 29.4 Å². The Morgan fingerprint density at radius 2 is 1.46 bits per heavy atom. The molecule has 0 N–H and O–H groups in total. The molecule has 0 aromatic carbocycles. The SMILES string of the molecule is CC[SH](C)(CC)(CC)CCCOC. The van der Waals surface area contributed by atoms with Gasteiger partial charge in [0, 0.05) is 13.7 Å². The number of thiol groups is 1. The van der Waals surface area contributed by atoms with Crippen molar-refractivity contribution < 1.29 is 4.74 Å². The molecule has 0 saturated carbocycles. The first-order valence-electron chi connectivity index (χ1n) is 5.53. The monoisotopic (exact) mass is 208 g/mol. The second-order valence-electron chi connectivity index (χ2n) is 4.63. The van der Waals surface area contributed by atoms with Crippen molar-refractivity contribution >= 4 is 9.16 Å². The van der Waals surface area contributed by atoms with Crippen LogP contribution < -0.4 is 0 Å². The van der Waals surface area contributed by atoms with Gasteiger partial charge >= 0.3 is 0 Å². The molecule has 0 fully saturated rings. The van der Waals surface area contributed by atoms with Gasteiger partial charge in [-0.2, -0.15) is 0 Å². The fourth-order valence-electron chi connectivity index (χ4n) is 1.85. The summed E-state index contributed by atoms with van der Waals surface area (Å²) in [6, 6.07) is 0. The van der Waals surface area contributed by atoms with Crippen molar-refractivity contribution in [2.45, 2.75) is 27.2 Å². The third-order valence-corrected chi connectivity index (χ3v) is 11.8. The Morgan fingerprint density at radius 1 is 1.00 bits per heavy atom. The van der Waals surface area contributed by atoms with Gasteiger partial charge in [0.2, 0.25) is 0 Å². The second-order valence-corrected chi connectivity index (χ2v) is 12.2. The zero-order chi connectivity index (χ0) is 10.4. The second kappa shape index (κ2) is 5.26. The highest BCUT2D eigenvalue weighted by Crippen LogP contribution is 2.65. The van der Waals surface area contributed by atoms with Crippen LogP contribution >= 0.6 is 9.16 Å². The van der Waals surface area contributed by atoms with E-state index in [1.807, 2.05) is 0 Å². The molecule has 84 valence electrons. The molecule has 0 spiro atoms. The van der Waals surface area contributed by atoms with Gasteiger partial charge in [-0.3, -0.25) is 9.16 Å². The van der Waals surface area contributed by atoms with E-state index in [4.69, 9.17) is 4.74 Å². The van der Waals surface area contributed by atoms with E-state index in [9.17, 15) is 0 Å².